The van der Waals surface area contributed by atoms with Crippen molar-refractivity contribution in [3.05, 3.63) is 27.5 Å². The quantitative estimate of drug-likeness (QED) is 0.777. The van der Waals surface area contributed by atoms with Crippen LogP contribution in [0.3, 0.4) is 0 Å². The second-order valence-corrected chi connectivity index (χ2v) is 3.43. The van der Waals surface area contributed by atoms with Gasteiger partial charge in [0, 0.05) is 0 Å². The van der Waals surface area contributed by atoms with E-state index < -0.39 is 12.0 Å². The van der Waals surface area contributed by atoms with Crippen molar-refractivity contribution in [2.24, 2.45) is 0 Å². The van der Waals surface area contributed by atoms with Crippen LogP contribution in [0.4, 0.5) is 8.78 Å². The van der Waals surface area contributed by atoms with Gasteiger partial charge in [0.05, 0.1) is 18.1 Å². The molecule has 0 amide bonds. The van der Waals surface area contributed by atoms with Gasteiger partial charge in [-0.2, -0.15) is 10.5 Å². The Balaban J connectivity index is 3.43. The maximum Gasteiger partial charge on any atom is 0.266 e. The summed E-state index contributed by atoms with van der Waals surface area (Å²) in [4.78, 5) is 3.62. The lowest BCUT2D eigenvalue weighted by Gasteiger charge is -2.07. The predicted molar refractivity (Wildman–Crippen MR) is 50.9 cm³/mol. The van der Waals surface area contributed by atoms with Gasteiger partial charge in [-0.15, -0.1) is 0 Å². The highest BCUT2D eigenvalue weighted by atomic mass is 79.9. The average Bonchev–Trinajstić information content (AvgIpc) is 2.16. The lowest BCUT2D eigenvalue weighted by atomic mass is 10.1. The molecule has 3 nitrogen and oxygen atoms in total. The van der Waals surface area contributed by atoms with Crippen molar-refractivity contribution in [3.63, 3.8) is 0 Å². The molecule has 0 saturated heterocycles. The smallest absolute Gasteiger partial charge is 0.230 e. The van der Waals surface area contributed by atoms with Crippen molar-refractivity contribution < 1.29 is 8.78 Å². The molecular formula is C9H4BrF2N3. The van der Waals surface area contributed by atoms with E-state index in [4.69, 9.17) is 10.5 Å². The minimum absolute atomic E-state index is 0.130. The van der Waals surface area contributed by atoms with E-state index in [1.807, 2.05) is 0 Å². The van der Waals surface area contributed by atoms with Crippen LogP contribution in [0.2, 0.25) is 0 Å². The van der Waals surface area contributed by atoms with Gasteiger partial charge in [0.1, 0.15) is 10.7 Å². The molecule has 15 heavy (non-hydrogen) atoms. The highest BCUT2D eigenvalue weighted by Gasteiger charge is 2.19. The molecule has 1 aromatic rings. The van der Waals surface area contributed by atoms with E-state index in [2.05, 4.69) is 20.9 Å². The summed E-state index contributed by atoms with van der Waals surface area (Å²) in [5, 5.41) is 17.1. The number of hydrogen-bond acceptors (Lipinski definition) is 3. The Labute approximate surface area is 93.1 Å². The Kier molecular flexibility index (Phi) is 3.70. The molecule has 0 radical (unpaired) electrons. The number of alkyl halides is 2. The summed E-state index contributed by atoms with van der Waals surface area (Å²) >= 11 is 2.99. The van der Waals surface area contributed by atoms with Gasteiger partial charge in [-0.05, 0) is 27.6 Å². The second-order valence-electron chi connectivity index (χ2n) is 2.61. The molecular weight excluding hydrogens is 268 g/mol. The van der Waals surface area contributed by atoms with E-state index in [0.29, 0.717) is 0 Å². The lowest BCUT2D eigenvalue weighted by molar-refractivity contribution is 0.149. The zero-order chi connectivity index (χ0) is 11.4. The molecule has 1 aromatic heterocycles. The summed E-state index contributed by atoms with van der Waals surface area (Å²) in [5.74, 6) is 0. The third-order valence-corrected chi connectivity index (χ3v) is 2.11. The molecule has 0 N–H and O–H groups in total. The Bertz CT molecular complexity index is 460. The fraction of sp³-hybridized carbons (Fsp3) is 0.222. The molecule has 0 fully saturated rings. The van der Waals surface area contributed by atoms with Gasteiger partial charge in [0.2, 0.25) is 0 Å². The Hall–Kier alpha value is -1.53. The second kappa shape index (κ2) is 4.81. The van der Waals surface area contributed by atoms with Gasteiger partial charge in [0.15, 0.2) is 5.69 Å². The lowest BCUT2D eigenvalue weighted by Crippen LogP contribution is -2.01. The first kappa shape index (κ1) is 11.5. The molecule has 6 heteroatoms. The fourth-order valence-electron chi connectivity index (χ4n) is 1.13. The van der Waals surface area contributed by atoms with Crippen molar-refractivity contribution in [2.75, 3.05) is 0 Å². The number of aromatic nitrogens is 1. The largest absolute Gasteiger partial charge is 0.266 e. The molecule has 0 saturated carbocycles. The summed E-state index contributed by atoms with van der Waals surface area (Å²) in [6.45, 7) is 0. The number of hydrogen-bond donors (Lipinski definition) is 0. The first-order valence-electron chi connectivity index (χ1n) is 3.84. The summed E-state index contributed by atoms with van der Waals surface area (Å²) in [7, 11) is 0. The highest BCUT2D eigenvalue weighted by Crippen LogP contribution is 2.27. The average molecular weight is 272 g/mol. The minimum atomic E-state index is -2.80. The van der Waals surface area contributed by atoms with Gasteiger partial charge >= 0.3 is 0 Å². The molecule has 1 heterocycles. The number of pyridine rings is 1. The summed E-state index contributed by atoms with van der Waals surface area (Å²) < 4.78 is 25.5. The first-order chi connectivity index (χ1) is 7.10. The number of nitrogens with zero attached hydrogens (tertiary/aromatic N) is 3. The van der Waals surface area contributed by atoms with Crippen molar-refractivity contribution >= 4 is 15.9 Å². The van der Waals surface area contributed by atoms with E-state index >= 15 is 0 Å². The van der Waals surface area contributed by atoms with Crippen molar-refractivity contribution in [1.82, 2.24) is 4.98 Å². The number of halogens is 3. The normalized spacial score (nSPS) is 9.73. The molecule has 76 valence electrons. The van der Waals surface area contributed by atoms with E-state index in [9.17, 15) is 8.78 Å². The van der Waals surface area contributed by atoms with E-state index in [0.717, 1.165) is 0 Å². The summed E-state index contributed by atoms with van der Waals surface area (Å²) in [6.07, 6.45) is -2.97. The standard InChI is InChI=1S/C9H4BrF2N3/c10-7-3-5(1-2-13)8(9(11)12)6(4-14)15-7/h3,9H,1H2. The van der Waals surface area contributed by atoms with Crippen LogP contribution in [0.15, 0.2) is 10.7 Å². The summed E-state index contributed by atoms with van der Waals surface area (Å²) in [5.41, 5.74) is -0.669. The van der Waals surface area contributed by atoms with E-state index in [1.54, 1.807) is 12.1 Å². The third kappa shape index (κ3) is 2.48. The van der Waals surface area contributed by atoms with Gasteiger partial charge in [-0.25, -0.2) is 13.8 Å². The van der Waals surface area contributed by atoms with Gasteiger partial charge < -0.3 is 0 Å². The van der Waals surface area contributed by atoms with E-state index in [1.165, 1.54) is 6.07 Å². The fourth-order valence-corrected chi connectivity index (χ4v) is 1.59. The Morgan fingerprint density at radius 1 is 1.47 bits per heavy atom. The monoisotopic (exact) mass is 271 g/mol. The van der Waals surface area contributed by atoms with Gasteiger partial charge in [-0.1, -0.05) is 0 Å². The zero-order valence-electron chi connectivity index (χ0n) is 7.34. The Morgan fingerprint density at radius 3 is 2.60 bits per heavy atom. The SMILES string of the molecule is N#CCc1cc(Br)nc(C#N)c1C(F)F. The molecule has 0 aromatic carbocycles. The molecule has 0 atom stereocenters. The van der Waals surface area contributed by atoms with Gasteiger partial charge in [0.25, 0.3) is 6.43 Å². The Morgan fingerprint density at radius 2 is 2.13 bits per heavy atom. The zero-order valence-corrected chi connectivity index (χ0v) is 8.92. The molecule has 0 aliphatic heterocycles. The molecule has 0 spiro atoms. The minimum Gasteiger partial charge on any atom is -0.230 e. The molecule has 0 unspecified atom stereocenters. The topological polar surface area (TPSA) is 60.5 Å². The number of nitriles is 2. The van der Waals surface area contributed by atoms with Crippen LogP contribution in [0.5, 0.6) is 0 Å². The van der Waals surface area contributed by atoms with Crippen LogP contribution >= 0.6 is 15.9 Å². The van der Waals surface area contributed by atoms with Crippen molar-refractivity contribution in [2.45, 2.75) is 12.8 Å². The molecule has 0 aliphatic carbocycles. The van der Waals surface area contributed by atoms with Crippen molar-refractivity contribution in [1.29, 1.82) is 10.5 Å². The maximum atomic E-state index is 12.6. The van der Waals surface area contributed by atoms with Crippen LogP contribution in [-0.2, 0) is 6.42 Å². The maximum absolute atomic E-state index is 12.6. The van der Waals surface area contributed by atoms with Crippen LogP contribution in [0.25, 0.3) is 0 Å². The molecule has 0 aliphatic rings. The van der Waals surface area contributed by atoms with Crippen LogP contribution in [0.1, 0.15) is 23.2 Å². The molecule has 0 bridgehead atoms. The highest BCUT2D eigenvalue weighted by molar-refractivity contribution is 9.10. The van der Waals surface area contributed by atoms with Crippen molar-refractivity contribution in [3.8, 4) is 12.1 Å². The first-order valence-corrected chi connectivity index (χ1v) is 4.64. The van der Waals surface area contributed by atoms with E-state index in [-0.39, 0.29) is 22.3 Å². The van der Waals surface area contributed by atoms with Gasteiger partial charge in [-0.3, -0.25) is 0 Å². The predicted octanol–water partition coefficient (Wildman–Crippen LogP) is 2.72. The van der Waals surface area contributed by atoms with Crippen LogP contribution < -0.4 is 0 Å². The third-order valence-electron chi connectivity index (χ3n) is 1.71. The van der Waals surface area contributed by atoms with Crippen LogP contribution in [-0.4, -0.2) is 4.98 Å². The van der Waals surface area contributed by atoms with Crippen LogP contribution in [0, 0.1) is 22.7 Å². The number of rotatable bonds is 2. The molecule has 1 rings (SSSR count). The summed E-state index contributed by atoms with van der Waals surface area (Å²) in [6, 6.07) is 4.68.